The quantitative estimate of drug-likeness (QED) is 0.190. The Kier molecular flexibility index (Phi) is 8.13. The van der Waals surface area contributed by atoms with E-state index in [-0.39, 0.29) is 46.5 Å². The fourth-order valence-corrected chi connectivity index (χ4v) is 4.02. The van der Waals surface area contributed by atoms with Gasteiger partial charge >= 0.3 is 11.9 Å². The smallest absolute Gasteiger partial charge is 0.335 e. The van der Waals surface area contributed by atoms with Crippen molar-refractivity contribution in [1.29, 1.82) is 0 Å². The predicted molar refractivity (Wildman–Crippen MR) is 126 cm³/mol. The number of rotatable bonds is 8. The molecule has 14 nitrogen and oxygen atoms in total. The number of benzene rings is 2. The zero-order valence-electron chi connectivity index (χ0n) is 20.1. The summed E-state index contributed by atoms with van der Waals surface area (Å²) in [5, 5.41) is 79.4. The van der Waals surface area contributed by atoms with E-state index in [1.807, 2.05) is 0 Å². The molecule has 39 heavy (non-hydrogen) atoms. The number of carbonyl (C=O) groups excluding carboxylic acids is 1. The largest absolute Gasteiger partial charge is 0.508 e. The number of hydrogen-bond donors (Lipinski definition) is 8. The van der Waals surface area contributed by atoms with E-state index in [4.69, 9.17) is 24.1 Å². The van der Waals surface area contributed by atoms with Gasteiger partial charge in [0.25, 0.3) is 0 Å². The van der Waals surface area contributed by atoms with Crippen molar-refractivity contribution >= 4 is 17.7 Å². The van der Waals surface area contributed by atoms with Crippen LogP contribution in [-0.2, 0) is 30.2 Å². The SMILES string of the molecule is O=C(O)CC(O)C(=O)OCC1OC(OC2=C(c3ccc(O)cc3)Oc3cc(O)cc(O)c3C2)C(O)C(O)C1O. The third-order valence-corrected chi connectivity index (χ3v) is 6.06. The molecule has 2 aromatic rings. The lowest BCUT2D eigenvalue weighted by Gasteiger charge is -2.40. The van der Waals surface area contributed by atoms with Gasteiger partial charge in [-0.2, -0.15) is 0 Å². The van der Waals surface area contributed by atoms with Crippen LogP contribution in [0.3, 0.4) is 0 Å². The normalized spacial score (nSPS) is 25.3. The number of allylic oxidation sites excluding steroid dienone is 1. The molecule has 14 heteroatoms. The van der Waals surface area contributed by atoms with Crippen LogP contribution in [0.15, 0.2) is 42.2 Å². The third kappa shape index (κ3) is 6.16. The number of carboxylic acids is 1. The Bertz CT molecular complexity index is 1260. The minimum absolute atomic E-state index is 0.00514. The molecule has 2 aliphatic rings. The van der Waals surface area contributed by atoms with Crippen LogP contribution in [0.5, 0.6) is 23.0 Å². The monoisotopic (exact) mass is 550 g/mol. The first-order valence-corrected chi connectivity index (χ1v) is 11.6. The van der Waals surface area contributed by atoms with Crippen LogP contribution in [0, 0.1) is 0 Å². The van der Waals surface area contributed by atoms with Crippen molar-refractivity contribution < 1.29 is 69.4 Å². The second kappa shape index (κ2) is 11.3. The highest BCUT2D eigenvalue weighted by Crippen LogP contribution is 2.42. The van der Waals surface area contributed by atoms with Gasteiger partial charge in [-0.15, -0.1) is 0 Å². The summed E-state index contributed by atoms with van der Waals surface area (Å²) >= 11 is 0. The van der Waals surface area contributed by atoms with Gasteiger partial charge in [0.15, 0.2) is 11.9 Å². The lowest BCUT2D eigenvalue weighted by Crippen LogP contribution is -2.59. The first-order valence-electron chi connectivity index (χ1n) is 11.6. The molecule has 2 heterocycles. The van der Waals surface area contributed by atoms with Crippen LogP contribution in [-0.4, -0.2) is 96.2 Å². The van der Waals surface area contributed by atoms with Crippen LogP contribution in [0.4, 0.5) is 0 Å². The maximum absolute atomic E-state index is 11.9. The van der Waals surface area contributed by atoms with Crippen LogP contribution >= 0.6 is 0 Å². The Morgan fingerprint density at radius 3 is 2.33 bits per heavy atom. The standard InChI is InChI=1S/C25H26O14/c26-11-3-1-10(2-4-11)23-17(7-13-14(28)5-12(27)6-16(13)37-23)38-25-22(34)21(33)20(32)18(39-25)9-36-24(35)15(29)8-19(30)31/h1-6,15,18,20-22,25-29,32-34H,7-9H2,(H,30,31). The topological polar surface area (TPSA) is 233 Å². The van der Waals surface area contributed by atoms with Gasteiger partial charge in [-0.1, -0.05) is 0 Å². The summed E-state index contributed by atoms with van der Waals surface area (Å²) in [7, 11) is 0. The van der Waals surface area contributed by atoms with Crippen molar-refractivity contribution in [3.8, 4) is 23.0 Å². The fraction of sp³-hybridized carbons (Fsp3) is 0.360. The summed E-state index contributed by atoms with van der Waals surface area (Å²) in [6.07, 6.45) is -11.6. The van der Waals surface area contributed by atoms with E-state index in [0.29, 0.717) is 5.56 Å². The zero-order valence-corrected chi connectivity index (χ0v) is 20.1. The number of aliphatic hydroxyl groups is 4. The van der Waals surface area contributed by atoms with E-state index < -0.39 is 61.8 Å². The first kappa shape index (κ1) is 27.9. The van der Waals surface area contributed by atoms with E-state index >= 15 is 0 Å². The number of aliphatic hydroxyl groups excluding tert-OH is 4. The second-order valence-electron chi connectivity index (χ2n) is 8.90. The highest BCUT2D eigenvalue weighted by Gasteiger charge is 2.46. The highest BCUT2D eigenvalue weighted by atomic mass is 16.7. The van der Waals surface area contributed by atoms with Gasteiger partial charge in [0.05, 0.1) is 6.42 Å². The van der Waals surface area contributed by atoms with Gasteiger partial charge in [0.1, 0.15) is 59.8 Å². The van der Waals surface area contributed by atoms with Gasteiger partial charge in [-0.05, 0) is 24.3 Å². The Morgan fingerprint density at radius 1 is 0.974 bits per heavy atom. The number of ether oxygens (including phenoxy) is 4. The molecule has 1 fully saturated rings. The number of fused-ring (bicyclic) bond motifs is 1. The molecule has 6 atom stereocenters. The second-order valence-corrected chi connectivity index (χ2v) is 8.90. The predicted octanol–water partition coefficient (Wildman–Crippen LogP) is -0.690. The number of carbonyl (C=O) groups is 2. The third-order valence-electron chi connectivity index (χ3n) is 6.06. The van der Waals surface area contributed by atoms with Crippen LogP contribution in [0.25, 0.3) is 5.76 Å². The molecule has 4 rings (SSSR count). The average molecular weight is 550 g/mol. The molecular formula is C25H26O14. The molecule has 0 bridgehead atoms. The Balaban J connectivity index is 1.59. The van der Waals surface area contributed by atoms with E-state index in [1.165, 1.54) is 30.3 Å². The number of phenolic OH excluding ortho intramolecular Hbond substituents is 3. The summed E-state index contributed by atoms with van der Waals surface area (Å²) in [5.41, 5.74) is 0.606. The molecule has 0 amide bonds. The number of carboxylic acid groups (broad SMARTS) is 1. The lowest BCUT2D eigenvalue weighted by atomic mass is 9.98. The molecule has 2 aromatic carbocycles. The number of aliphatic carboxylic acids is 1. The maximum Gasteiger partial charge on any atom is 0.335 e. The summed E-state index contributed by atoms with van der Waals surface area (Å²) in [6, 6.07) is 8.07. The summed E-state index contributed by atoms with van der Waals surface area (Å²) in [4.78, 5) is 22.5. The number of phenols is 3. The van der Waals surface area contributed by atoms with Crippen LogP contribution < -0.4 is 4.74 Å². The maximum atomic E-state index is 11.9. The molecule has 0 aromatic heterocycles. The molecule has 0 spiro atoms. The number of hydrogen-bond acceptors (Lipinski definition) is 13. The van der Waals surface area contributed by atoms with Gasteiger partial charge in [-0.25, -0.2) is 4.79 Å². The molecule has 8 N–H and O–H groups in total. The molecule has 0 aliphatic carbocycles. The molecule has 1 saturated heterocycles. The van der Waals surface area contributed by atoms with E-state index in [0.717, 1.165) is 6.07 Å². The average Bonchev–Trinajstić information content (AvgIpc) is 2.88. The minimum atomic E-state index is -1.98. The molecule has 210 valence electrons. The Hall–Kier alpha value is -4.08. The van der Waals surface area contributed by atoms with Gasteiger partial charge < -0.3 is 59.8 Å². The van der Waals surface area contributed by atoms with Crippen molar-refractivity contribution in [2.45, 2.75) is 49.7 Å². The van der Waals surface area contributed by atoms with Crippen molar-refractivity contribution in [3.63, 3.8) is 0 Å². The zero-order chi connectivity index (χ0) is 28.4. The van der Waals surface area contributed by atoms with Gasteiger partial charge in [0.2, 0.25) is 6.29 Å². The summed E-state index contributed by atoms with van der Waals surface area (Å²) in [5.74, 6) is -3.22. The van der Waals surface area contributed by atoms with Crippen molar-refractivity contribution in [3.05, 3.63) is 53.3 Å². The molecular weight excluding hydrogens is 524 g/mol. The minimum Gasteiger partial charge on any atom is -0.508 e. The van der Waals surface area contributed by atoms with Crippen molar-refractivity contribution in [2.24, 2.45) is 0 Å². The molecule has 2 aliphatic heterocycles. The highest BCUT2D eigenvalue weighted by molar-refractivity contribution is 5.80. The Morgan fingerprint density at radius 2 is 1.67 bits per heavy atom. The molecule has 0 saturated carbocycles. The number of esters is 1. The summed E-state index contributed by atoms with van der Waals surface area (Å²) in [6.45, 7) is -0.733. The Labute approximate surface area is 220 Å². The fourth-order valence-electron chi connectivity index (χ4n) is 4.02. The lowest BCUT2D eigenvalue weighted by molar-refractivity contribution is -0.292. The van der Waals surface area contributed by atoms with E-state index in [2.05, 4.69) is 0 Å². The van der Waals surface area contributed by atoms with Crippen LogP contribution in [0.2, 0.25) is 0 Å². The van der Waals surface area contributed by atoms with Crippen LogP contribution in [0.1, 0.15) is 17.5 Å². The van der Waals surface area contributed by atoms with Crippen molar-refractivity contribution in [1.82, 2.24) is 0 Å². The van der Waals surface area contributed by atoms with E-state index in [9.17, 15) is 45.3 Å². The van der Waals surface area contributed by atoms with Crippen molar-refractivity contribution in [2.75, 3.05) is 6.61 Å². The van der Waals surface area contributed by atoms with E-state index in [1.54, 1.807) is 0 Å². The first-order chi connectivity index (χ1) is 18.4. The van der Waals surface area contributed by atoms with Gasteiger partial charge in [-0.3, -0.25) is 4.79 Å². The number of aromatic hydroxyl groups is 3. The molecule has 6 unspecified atom stereocenters. The summed E-state index contributed by atoms with van der Waals surface area (Å²) < 4.78 is 22.1. The van der Waals surface area contributed by atoms with Gasteiger partial charge in [0, 0.05) is 29.7 Å². The molecule has 0 radical (unpaired) electrons.